The van der Waals surface area contributed by atoms with Crippen molar-refractivity contribution in [3.8, 4) is 0 Å². The number of nitrogens with zero attached hydrogens (tertiary/aromatic N) is 3. The summed E-state index contributed by atoms with van der Waals surface area (Å²) in [7, 11) is 1.68. The molecule has 0 aliphatic rings. The standard InChI is InChI=1S/C18H26N4O/c1-6-15(13-7-9-19-10-8-13)21-16-11-14(12-23-5)20-17(22-16)18(2,3)4/h7-11,15H,6,12H2,1-5H3,(H,20,21,22). The van der Waals surface area contributed by atoms with Crippen molar-refractivity contribution in [2.45, 2.75) is 52.2 Å². The second kappa shape index (κ2) is 7.51. The van der Waals surface area contributed by atoms with Crippen molar-refractivity contribution < 1.29 is 4.74 Å². The van der Waals surface area contributed by atoms with E-state index in [1.807, 2.05) is 30.6 Å². The van der Waals surface area contributed by atoms with Crippen LogP contribution in [0.4, 0.5) is 5.82 Å². The van der Waals surface area contributed by atoms with Crippen LogP contribution >= 0.6 is 0 Å². The predicted molar refractivity (Wildman–Crippen MR) is 92.3 cm³/mol. The first kappa shape index (κ1) is 17.3. The van der Waals surface area contributed by atoms with Gasteiger partial charge in [-0.2, -0.15) is 0 Å². The molecule has 0 aliphatic heterocycles. The fourth-order valence-electron chi connectivity index (χ4n) is 2.32. The van der Waals surface area contributed by atoms with Gasteiger partial charge in [0.05, 0.1) is 18.3 Å². The van der Waals surface area contributed by atoms with Crippen LogP contribution in [0.3, 0.4) is 0 Å². The number of anilines is 1. The molecule has 0 amide bonds. The Morgan fingerprint density at radius 1 is 1.17 bits per heavy atom. The molecule has 2 rings (SSSR count). The molecule has 0 aliphatic carbocycles. The summed E-state index contributed by atoms with van der Waals surface area (Å²) < 4.78 is 5.24. The first-order chi connectivity index (χ1) is 10.9. The summed E-state index contributed by atoms with van der Waals surface area (Å²) in [6.45, 7) is 8.97. The summed E-state index contributed by atoms with van der Waals surface area (Å²) in [5.41, 5.74) is 1.98. The van der Waals surface area contributed by atoms with E-state index in [4.69, 9.17) is 9.72 Å². The van der Waals surface area contributed by atoms with E-state index in [0.29, 0.717) is 6.61 Å². The summed E-state index contributed by atoms with van der Waals surface area (Å²) in [5, 5.41) is 3.52. The quantitative estimate of drug-likeness (QED) is 0.877. The highest BCUT2D eigenvalue weighted by molar-refractivity contribution is 5.40. The van der Waals surface area contributed by atoms with E-state index in [-0.39, 0.29) is 11.5 Å². The molecular formula is C18H26N4O. The molecule has 5 heteroatoms. The molecule has 2 aromatic heterocycles. The molecule has 0 spiro atoms. The van der Waals surface area contributed by atoms with Crippen molar-refractivity contribution in [2.75, 3.05) is 12.4 Å². The Bertz CT molecular complexity index is 623. The van der Waals surface area contributed by atoms with Crippen molar-refractivity contribution in [1.82, 2.24) is 15.0 Å². The van der Waals surface area contributed by atoms with Crippen molar-refractivity contribution in [1.29, 1.82) is 0 Å². The van der Waals surface area contributed by atoms with Gasteiger partial charge in [0.1, 0.15) is 11.6 Å². The molecule has 5 nitrogen and oxygen atoms in total. The van der Waals surface area contributed by atoms with Crippen LogP contribution in [0.5, 0.6) is 0 Å². The van der Waals surface area contributed by atoms with Gasteiger partial charge >= 0.3 is 0 Å². The zero-order chi connectivity index (χ0) is 16.9. The summed E-state index contributed by atoms with van der Waals surface area (Å²) in [6.07, 6.45) is 4.59. The van der Waals surface area contributed by atoms with Crippen LogP contribution in [-0.4, -0.2) is 22.1 Å². The molecule has 0 bridgehead atoms. The smallest absolute Gasteiger partial charge is 0.136 e. The molecule has 1 unspecified atom stereocenters. The Morgan fingerprint density at radius 2 is 1.87 bits per heavy atom. The Kier molecular flexibility index (Phi) is 5.66. The van der Waals surface area contributed by atoms with Crippen LogP contribution in [0.2, 0.25) is 0 Å². The van der Waals surface area contributed by atoms with Crippen molar-refractivity contribution >= 4 is 5.82 Å². The first-order valence-electron chi connectivity index (χ1n) is 7.98. The van der Waals surface area contributed by atoms with Crippen molar-refractivity contribution in [2.24, 2.45) is 0 Å². The number of aromatic nitrogens is 3. The third-order valence-electron chi connectivity index (χ3n) is 3.58. The van der Waals surface area contributed by atoms with Crippen LogP contribution in [0, 0.1) is 0 Å². The monoisotopic (exact) mass is 314 g/mol. The lowest BCUT2D eigenvalue weighted by molar-refractivity contribution is 0.181. The fraction of sp³-hybridized carbons (Fsp3) is 0.500. The van der Waals surface area contributed by atoms with Crippen LogP contribution in [0.15, 0.2) is 30.6 Å². The van der Waals surface area contributed by atoms with E-state index in [1.54, 1.807) is 7.11 Å². The van der Waals surface area contributed by atoms with Gasteiger partial charge in [0.25, 0.3) is 0 Å². The molecule has 124 valence electrons. The van der Waals surface area contributed by atoms with Gasteiger partial charge in [-0.15, -0.1) is 0 Å². The highest BCUT2D eigenvalue weighted by atomic mass is 16.5. The van der Waals surface area contributed by atoms with Crippen LogP contribution in [-0.2, 0) is 16.8 Å². The van der Waals surface area contributed by atoms with Crippen LogP contribution in [0.25, 0.3) is 0 Å². The molecule has 2 heterocycles. The van der Waals surface area contributed by atoms with Gasteiger partial charge < -0.3 is 10.1 Å². The molecule has 0 radical (unpaired) electrons. The minimum Gasteiger partial charge on any atom is -0.378 e. The zero-order valence-electron chi connectivity index (χ0n) is 14.6. The number of hydrogen-bond donors (Lipinski definition) is 1. The molecule has 1 atom stereocenters. The maximum absolute atomic E-state index is 5.24. The average molecular weight is 314 g/mol. The van der Waals surface area contributed by atoms with Crippen LogP contribution < -0.4 is 5.32 Å². The lowest BCUT2D eigenvalue weighted by Gasteiger charge is -2.22. The van der Waals surface area contributed by atoms with E-state index < -0.39 is 0 Å². The zero-order valence-corrected chi connectivity index (χ0v) is 14.6. The van der Waals surface area contributed by atoms with Crippen LogP contribution in [0.1, 0.15) is 57.2 Å². The van der Waals surface area contributed by atoms with Gasteiger partial charge in [0, 0.05) is 31.0 Å². The molecule has 0 aromatic carbocycles. The number of nitrogens with one attached hydrogen (secondary N) is 1. The van der Waals surface area contributed by atoms with E-state index in [1.165, 1.54) is 5.56 Å². The minimum absolute atomic E-state index is 0.113. The first-order valence-corrected chi connectivity index (χ1v) is 7.98. The number of hydrogen-bond acceptors (Lipinski definition) is 5. The Balaban J connectivity index is 2.32. The van der Waals surface area contributed by atoms with E-state index in [0.717, 1.165) is 23.8 Å². The molecule has 23 heavy (non-hydrogen) atoms. The van der Waals surface area contributed by atoms with Gasteiger partial charge in [-0.25, -0.2) is 9.97 Å². The summed E-state index contributed by atoms with van der Waals surface area (Å²) in [4.78, 5) is 13.4. The van der Waals surface area contributed by atoms with Gasteiger partial charge in [-0.1, -0.05) is 27.7 Å². The SMILES string of the molecule is CCC(Nc1cc(COC)nc(C(C)(C)C)n1)c1ccncc1. The molecule has 0 saturated heterocycles. The maximum atomic E-state index is 5.24. The van der Waals surface area contributed by atoms with E-state index in [9.17, 15) is 0 Å². The summed E-state index contributed by atoms with van der Waals surface area (Å²) >= 11 is 0. The largest absolute Gasteiger partial charge is 0.378 e. The predicted octanol–water partition coefficient (Wildman–Crippen LogP) is 3.88. The molecule has 2 aromatic rings. The molecular weight excluding hydrogens is 288 g/mol. The van der Waals surface area contributed by atoms with Gasteiger partial charge in [0.15, 0.2) is 0 Å². The van der Waals surface area contributed by atoms with Gasteiger partial charge in [-0.3, -0.25) is 4.98 Å². The highest BCUT2D eigenvalue weighted by Gasteiger charge is 2.20. The molecule has 0 fully saturated rings. The number of ether oxygens (including phenoxy) is 1. The third kappa shape index (κ3) is 4.73. The summed E-state index contributed by atoms with van der Waals surface area (Å²) in [5.74, 6) is 1.65. The fourth-order valence-corrected chi connectivity index (χ4v) is 2.32. The lowest BCUT2D eigenvalue weighted by Crippen LogP contribution is -2.20. The highest BCUT2D eigenvalue weighted by Crippen LogP contribution is 2.24. The van der Waals surface area contributed by atoms with Crippen molar-refractivity contribution in [3.05, 3.63) is 47.7 Å². The van der Waals surface area contributed by atoms with Gasteiger partial charge in [-0.05, 0) is 24.1 Å². The maximum Gasteiger partial charge on any atom is 0.136 e. The Labute approximate surface area is 138 Å². The lowest BCUT2D eigenvalue weighted by atomic mass is 9.95. The Hall–Kier alpha value is -2.01. The third-order valence-corrected chi connectivity index (χ3v) is 3.58. The van der Waals surface area contributed by atoms with E-state index in [2.05, 4.69) is 43.0 Å². The second-order valence-electron chi connectivity index (χ2n) is 6.64. The topological polar surface area (TPSA) is 59.9 Å². The summed E-state index contributed by atoms with van der Waals surface area (Å²) in [6, 6.07) is 6.21. The normalized spacial score (nSPS) is 12.9. The Morgan fingerprint density at radius 3 is 2.43 bits per heavy atom. The minimum atomic E-state index is -0.113. The van der Waals surface area contributed by atoms with Crippen molar-refractivity contribution in [3.63, 3.8) is 0 Å². The van der Waals surface area contributed by atoms with Gasteiger partial charge in [0.2, 0.25) is 0 Å². The van der Waals surface area contributed by atoms with E-state index >= 15 is 0 Å². The average Bonchev–Trinajstić information content (AvgIpc) is 2.53. The molecule has 1 N–H and O–H groups in total. The second-order valence-corrected chi connectivity index (χ2v) is 6.64. The number of methoxy groups -OCH3 is 1. The molecule has 0 saturated carbocycles. The number of pyridine rings is 1. The number of rotatable bonds is 6.